The molecule has 32 heavy (non-hydrogen) atoms. The molecule has 0 saturated carbocycles. The van der Waals surface area contributed by atoms with Crippen molar-refractivity contribution in [2.24, 2.45) is 0 Å². The highest BCUT2D eigenvalue weighted by Gasteiger charge is 2.17. The first kappa shape index (κ1) is 24.3. The number of carbonyl (C=O) groups is 2. The lowest BCUT2D eigenvalue weighted by molar-refractivity contribution is 0.0951. The van der Waals surface area contributed by atoms with Crippen LogP contribution in [0.5, 0.6) is 11.5 Å². The lowest BCUT2D eigenvalue weighted by atomic mass is 10.1. The normalized spacial score (nSPS) is 11.0. The Hall–Kier alpha value is -3.97. The second-order valence-corrected chi connectivity index (χ2v) is 6.64. The van der Waals surface area contributed by atoms with E-state index in [1.165, 1.54) is 27.4 Å². The SMILES string of the molecule is COC(=O)NC[C@@H](CO)Nc1ccc(C#N)cc1C(=O)NCc1ccc(OC)c(OC)c1. The summed E-state index contributed by atoms with van der Waals surface area (Å²) in [4.78, 5) is 24.2. The van der Waals surface area contributed by atoms with Crippen LogP contribution in [0, 0.1) is 11.3 Å². The number of hydrogen-bond donors (Lipinski definition) is 4. The maximum absolute atomic E-state index is 12.9. The van der Waals surface area contributed by atoms with Gasteiger partial charge in [0.15, 0.2) is 11.5 Å². The zero-order valence-corrected chi connectivity index (χ0v) is 18.1. The van der Waals surface area contributed by atoms with Crippen molar-refractivity contribution in [1.29, 1.82) is 5.26 Å². The molecule has 0 aromatic heterocycles. The van der Waals surface area contributed by atoms with Gasteiger partial charge in [0.1, 0.15) is 0 Å². The van der Waals surface area contributed by atoms with Crippen molar-refractivity contribution in [2.75, 3.05) is 39.8 Å². The summed E-state index contributed by atoms with van der Waals surface area (Å²) >= 11 is 0. The van der Waals surface area contributed by atoms with Gasteiger partial charge in [-0.1, -0.05) is 6.07 Å². The molecule has 2 aromatic carbocycles. The third-order valence-electron chi connectivity index (χ3n) is 4.55. The molecule has 2 aromatic rings. The molecule has 0 heterocycles. The first-order chi connectivity index (χ1) is 15.4. The van der Waals surface area contributed by atoms with Crippen LogP contribution in [0.15, 0.2) is 36.4 Å². The van der Waals surface area contributed by atoms with Crippen LogP contribution in [0.2, 0.25) is 0 Å². The summed E-state index contributed by atoms with van der Waals surface area (Å²) in [6.07, 6.45) is -0.641. The van der Waals surface area contributed by atoms with Crippen LogP contribution in [-0.4, -0.2) is 57.6 Å². The number of anilines is 1. The highest BCUT2D eigenvalue weighted by molar-refractivity contribution is 6.00. The number of ether oxygens (including phenoxy) is 3. The second kappa shape index (κ2) is 12.0. The van der Waals surface area contributed by atoms with Crippen LogP contribution >= 0.6 is 0 Å². The number of methoxy groups -OCH3 is 3. The topological polar surface area (TPSA) is 142 Å². The first-order valence-electron chi connectivity index (χ1n) is 9.68. The predicted molar refractivity (Wildman–Crippen MR) is 117 cm³/mol. The average molecular weight is 442 g/mol. The standard InChI is InChI=1S/C22H26N4O6/c1-30-19-7-5-15(9-20(19)31-2)11-24-21(28)17-8-14(10-23)4-6-18(17)26-16(13-27)12-25-22(29)32-3/h4-9,16,26-27H,11-13H2,1-3H3,(H,24,28)(H,25,29)/t16-/m0/s1. The Morgan fingerprint density at radius 1 is 1.06 bits per heavy atom. The molecule has 10 heteroatoms. The summed E-state index contributed by atoms with van der Waals surface area (Å²) < 4.78 is 15.0. The number of nitrogens with zero attached hydrogens (tertiary/aromatic N) is 1. The predicted octanol–water partition coefficient (Wildman–Crippen LogP) is 1.63. The molecule has 2 amide bonds. The molecule has 2 rings (SSSR count). The Kier molecular flexibility index (Phi) is 9.13. The Morgan fingerprint density at radius 3 is 2.44 bits per heavy atom. The number of amides is 2. The van der Waals surface area contributed by atoms with Gasteiger partial charge in [-0.05, 0) is 35.9 Å². The van der Waals surface area contributed by atoms with Crippen LogP contribution in [0.1, 0.15) is 21.5 Å². The van der Waals surface area contributed by atoms with Gasteiger partial charge in [0.2, 0.25) is 0 Å². The number of alkyl carbamates (subject to hydrolysis) is 1. The van der Waals surface area contributed by atoms with Crippen molar-refractivity contribution in [3.8, 4) is 17.6 Å². The van der Waals surface area contributed by atoms with Crippen molar-refractivity contribution >= 4 is 17.7 Å². The lowest BCUT2D eigenvalue weighted by Crippen LogP contribution is -2.39. The molecule has 0 fully saturated rings. The van der Waals surface area contributed by atoms with E-state index in [9.17, 15) is 20.0 Å². The van der Waals surface area contributed by atoms with E-state index in [1.54, 1.807) is 30.3 Å². The number of carbonyl (C=O) groups excluding carboxylic acids is 2. The molecular weight excluding hydrogens is 416 g/mol. The highest BCUT2D eigenvalue weighted by atomic mass is 16.5. The monoisotopic (exact) mass is 442 g/mol. The molecular formula is C22H26N4O6. The van der Waals surface area contributed by atoms with Crippen molar-refractivity contribution in [3.63, 3.8) is 0 Å². The van der Waals surface area contributed by atoms with Crippen LogP contribution in [0.4, 0.5) is 10.5 Å². The summed E-state index contributed by atoms with van der Waals surface area (Å²) in [6, 6.07) is 11.3. The van der Waals surface area contributed by atoms with Gasteiger partial charge >= 0.3 is 6.09 Å². The molecule has 0 aliphatic carbocycles. The van der Waals surface area contributed by atoms with Crippen molar-refractivity contribution in [1.82, 2.24) is 10.6 Å². The second-order valence-electron chi connectivity index (χ2n) is 6.64. The number of nitrogens with one attached hydrogen (secondary N) is 3. The van der Waals surface area contributed by atoms with E-state index in [-0.39, 0.29) is 25.3 Å². The molecule has 0 aliphatic heterocycles. The number of aliphatic hydroxyl groups excluding tert-OH is 1. The third kappa shape index (κ3) is 6.52. The molecule has 0 spiro atoms. The van der Waals surface area contributed by atoms with Gasteiger partial charge in [-0.2, -0.15) is 5.26 Å². The van der Waals surface area contributed by atoms with Crippen LogP contribution in [-0.2, 0) is 11.3 Å². The Labute approximate surface area is 186 Å². The van der Waals surface area contributed by atoms with Crippen LogP contribution in [0.3, 0.4) is 0 Å². The van der Waals surface area contributed by atoms with Crippen LogP contribution in [0.25, 0.3) is 0 Å². The van der Waals surface area contributed by atoms with Gasteiger partial charge in [0, 0.05) is 18.8 Å². The van der Waals surface area contributed by atoms with E-state index in [2.05, 4.69) is 20.7 Å². The fourth-order valence-electron chi connectivity index (χ4n) is 2.86. The number of aliphatic hydroxyl groups is 1. The minimum atomic E-state index is -0.641. The Bertz CT molecular complexity index is 989. The van der Waals surface area contributed by atoms with Crippen LogP contribution < -0.4 is 25.4 Å². The van der Waals surface area contributed by atoms with E-state index in [4.69, 9.17) is 9.47 Å². The van der Waals surface area contributed by atoms with E-state index in [0.717, 1.165) is 5.56 Å². The fourth-order valence-corrected chi connectivity index (χ4v) is 2.86. The van der Waals surface area contributed by atoms with Gasteiger partial charge in [-0.15, -0.1) is 0 Å². The zero-order valence-electron chi connectivity index (χ0n) is 18.1. The van der Waals surface area contributed by atoms with Gasteiger partial charge in [0.25, 0.3) is 5.91 Å². The maximum atomic E-state index is 12.9. The molecule has 4 N–H and O–H groups in total. The Balaban J connectivity index is 2.17. The number of hydrogen-bond acceptors (Lipinski definition) is 8. The van der Waals surface area contributed by atoms with Gasteiger partial charge in [0.05, 0.1) is 51.2 Å². The van der Waals surface area contributed by atoms with Crippen molar-refractivity contribution in [3.05, 3.63) is 53.1 Å². The average Bonchev–Trinajstić information content (AvgIpc) is 2.84. The molecule has 0 unspecified atom stereocenters. The van der Waals surface area contributed by atoms with E-state index >= 15 is 0 Å². The molecule has 0 radical (unpaired) electrons. The summed E-state index contributed by atoms with van der Waals surface area (Å²) in [6.45, 7) is -0.0324. The minimum absolute atomic E-state index is 0.0654. The van der Waals surface area contributed by atoms with E-state index < -0.39 is 18.0 Å². The van der Waals surface area contributed by atoms with Gasteiger partial charge < -0.3 is 35.3 Å². The summed E-state index contributed by atoms with van der Waals surface area (Å²) in [5, 5.41) is 27.1. The van der Waals surface area contributed by atoms with E-state index in [1.807, 2.05) is 6.07 Å². The molecule has 170 valence electrons. The molecule has 10 nitrogen and oxygen atoms in total. The van der Waals surface area contributed by atoms with E-state index in [0.29, 0.717) is 22.7 Å². The highest BCUT2D eigenvalue weighted by Crippen LogP contribution is 2.27. The summed E-state index contributed by atoms with van der Waals surface area (Å²) in [5.41, 5.74) is 1.72. The maximum Gasteiger partial charge on any atom is 0.406 e. The van der Waals surface area contributed by atoms with Gasteiger partial charge in [-0.3, -0.25) is 4.79 Å². The molecule has 0 saturated heterocycles. The number of nitriles is 1. The zero-order chi connectivity index (χ0) is 23.5. The number of benzene rings is 2. The quantitative estimate of drug-likeness (QED) is 0.435. The summed E-state index contributed by atoms with van der Waals surface area (Å²) in [5.74, 6) is 0.695. The molecule has 0 bridgehead atoms. The minimum Gasteiger partial charge on any atom is -0.493 e. The van der Waals surface area contributed by atoms with Gasteiger partial charge in [-0.25, -0.2) is 4.79 Å². The fraction of sp³-hybridized carbons (Fsp3) is 0.318. The number of rotatable bonds is 10. The van der Waals surface area contributed by atoms with Crippen molar-refractivity contribution in [2.45, 2.75) is 12.6 Å². The lowest BCUT2D eigenvalue weighted by Gasteiger charge is -2.20. The smallest absolute Gasteiger partial charge is 0.406 e. The molecule has 1 atom stereocenters. The first-order valence-corrected chi connectivity index (χ1v) is 9.68. The Morgan fingerprint density at radius 2 is 1.81 bits per heavy atom. The molecule has 0 aliphatic rings. The largest absolute Gasteiger partial charge is 0.493 e. The summed E-state index contributed by atoms with van der Waals surface area (Å²) in [7, 11) is 4.30. The van der Waals surface area contributed by atoms with Crippen molar-refractivity contribution < 1.29 is 28.9 Å². The third-order valence-corrected chi connectivity index (χ3v) is 4.55.